The van der Waals surface area contributed by atoms with Gasteiger partial charge in [0.05, 0.1) is 6.07 Å². The van der Waals surface area contributed by atoms with Gasteiger partial charge in [-0.05, 0) is 12.0 Å². The third kappa shape index (κ3) is 6.61. The van der Waals surface area contributed by atoms with Crippen molar-refractivity contribution in [3.05, 3.63) is 35.9 Å². The lowest BCUT2D eigenvalue weighted by molar-refractivity contribution is -0.130. The molecule has 4 N–H and O–H groups in total. The number of amides is 3. The molecule has 0 aliphatic carbocycles. The van der Waals surface area contributed by atoms with Crippen LogP contribution in [0.2, 0.25) is 0 Å². The summed E-state index contributed by atoms with van der Waals surface area (Å²) in [4.78, 5) is 35.0. The van der Waals surface area contributed by atoms with Crippen molar-refractivity contribution in [1.82, 2.24) is 10.6 Å². The van der Waals surface area contributed by atoms with E-state index in [-0.39, 0.29) is 25.2 Å². The van der Waals surface area contributed by atoms with E-state index in [0.717, 1.165) is 5.56 Å². The first kappa shape index (κ1) is 18.2. The van der Waals surface area contributed by atoms with E-state index in [1.54, 1.807) is 0 Å². The first-order chi connectivity index (χ1) is 10.9. The minimum Gasteiger partial charge on any atom is -0.368 e. The van der Waals surface area contributed by atoms with Crippen molar-refractivity contribution >= 4 is 17.7 Å². The lowest BCUT2D eigenvalue weighted by Crippen LogP contribution is -2.53. The summed E-state index contributed by atoms with van der Waals surface area (Å²) >= 11 is 0. The van der Waals surface area contributed by atoms with Crippen LogP contribution in [0.4, 0.5) is 0 Å². The minimum absolute atomic E-state index is 0.0946. The largest absolute Gasteiger partial charge is 0.368 e. The Morgan fingerprint density at radius 2 is 1.83 bits per heavy atom. The average Bonchev–Trinajstić information content (AvgIpc) is 2.50. The molecule has 3 amide bonds. The molecule has 7 heteroatoms. The Labute approximate surface area is 134 Å². The number of nitrogens with zero attached hydrogens (tertiary/aromatic N) is 1. The summed E-state index contributed by atoms with van der Waals surface area (Å²) in [6.45, 7) is 1.31. The van der Waals surface area contributed by atoms with Crippen molar-refractivity contribution in [1.29, 1.82) is 5.26 Å². The molecule has 0 aliphatic rings. The predicted molar refractivity (Wildman–Crippen MR) is 83.7 cm³/mol. The molecule has 0 saturated heterocycles. The van der Waals surface area contributed by atoms with Crippen LogP contribution < -0.4 is 16.4 Å². The number of benzene rings is 1. The maximum Gasteiger partial charge on any atom is 0.243 e. The smallest absolute Gasteiger partial charge is 0.243 e. The van der Waals surface area contributed by atoms with Crippen LogP contribution >= 0.6 is 0 Å². The second-order valence-corrected chi connectivity index (χ2v) is 5.10. The van der Waals surface area contributed by atoms with Gasteiger partial charge in [0.15, 0.2) is 0 Å². The summed E-state index contributed by atoms with van der Waals surface area (Å²) < 4.78 is 0. The van der Waals surface area contributed by atoms with E-state index in [9.17, 15) is 14.4 Å². The van der Waals surface area contributed by atoms with Gasteiger partial charge in [-0.1, -0.05) is 30.3 Å². The van der Waals surface area contributed by atoms with E-state index < -0.39 is 23.9 Å². The minimum atomic E-state index is -0.936. The normalized spacial score (nSPS) is 12.5. The van der Waals surface area contributed by atoms with Crippen molar-refractivity contribution in [2.24, 2.45) is 5.73 Å². The van der Waals surface area contributed by atoms with Gasteiger partial charge < -0.3 is 16.4 Å². The Balaban J connectivity index is 2.80. The van der Waals surface area contributed by atoms with Gasteiger partial charge >= 0.3 is 0 Å². The van der Waals surface area contributed by atoms with Gasteiger partial charge in [-0.2, -0.15) is 5.26 Å². The zero-order chi connectivity index (χ0) is 17.2. The summed E-state index contributed by atoms with van der Waals surface area (Å²) in [5, 5.41) is 13.6. The highest BCUT2D eigenvalue weighted by Crippen LogP contribution is 2.05. The van der Waals surface area contributed by atoms with Crippen LogP contribution in [0.15, 0.2) is 30.3 Å². The van der Waals surface area contributed by atoms with Crippen LogP contribution in [0.25, 0.3) is 0 Å². The molecule has 0 radical (unpaired) electrons. The third-order valence-electron chi connectivity index (χ3n) is 3.18. The summed E-state index contributed by atoms with van der Waals surface area (Å²) in [6, 6.07) is 9.33. The highest BCUT2D eigenvalue weighted by atomic mass is 16.2. The maximum atomic E-state index is 12.3. The molecule has 0 saturated carbocycles. The summed E-state index contributed by atoms with van der Waals surface area (Å²) in [6.07, 6.45) is 0.517. The molecule has 0 unspecified atom stereocenters. The Morgan fingerprint density at radius 1 is 1.17 bits per heavy atom. The predicted octanol–water partition coefficient (Wildman–Crippen LogP) is 0.00768. The number of hydrogen-bond acceptors (Lipinski definition) is 4. The van der Waals surface area contributed by atoms with Gasteiger partial charge in [0.25, 0.3) is 0 Å². The van der Waals surface area contributed by atoms with E-state index in [1.807, 2.05) is 36.4 Å². The first-order valence-electron chi connectivity index (χ1n) is 7.21. The van der Waals surface area contributed by atoms with Crippen molar-refractivity contribution in [3.8, 4) is 6.07 Å². The number of nitrogens with two attached hydrogens (primary N) is 1. The number of carbonyl (C=O) groups is 3. The Morgan fingerprint density at radius 3 is 2.35 bits per heavy atom. The first-order valence-corrected chi connectivity index (χ1v) is 7.21. The van der Waals surface area contributed by atoms with Crippen LogP contribution in [-0.2, 0) is 20.8 Å². The van der Waals surface area contributed by atoms with Crippen LogP contribution in [0.1, 0.15) is 25.3 Å². The van der Waals surface area contributed by atoms with Gasteiger partial charge in [-0.3, -0.25) is 14.4 Å². The number of carbonyl (C=O) groups excluding carboxylic acids is 3. The highest BCUT2D eigenvalue weighted by Gasteiger charge is 2.24. The summed E-state index contributed by atoms with van der Waals surface area (Å²) in [7, 11) is 0. The van der Waals surface area contributed by atoms with E-state index >= 15 is 0 Å². The van der Waals surface area contributed by atoms with Crippen molar-refractivity contribution < 1.29 is 14.4 Å². The second kappa shape index (κ2) is 9.20. The Bertz CT molecular complexity index is 595. The van der Waals surface area contributed by atoms with Gasteiger partial charge in [-0.15, -0.1) is 0 Å². The molecule has 1 rings (SSSR count). The van der Waals surface area contributed by atoms with Gasteiger partial charge in [-0.25, -0.2) is 0 Å². The fourth-order valence-corrected chi connectivity index (χ4v) is 2.07. The average molecular weight is 316 g/mol. The number of rotatable bonds is 8. The topological polar surface area (TPSA) is 125 Å². The fraction of sp³-hybridized carbons (Fsp3) is 0.375. The molecule has 0 spiro atoms. The van der Waals surface area contributed by atoms with Crippen molar-refractivity contribution in [2.45, 2.75) is 38.3 Å². The molecule has 1 aromatic carbocycles. The van der Waals surface area contributed by atoms with Crippen LogP contribution in [0.3, 0.4) is 0 Å². The van der Waals surface area contributed by atoms with Gasteiger partial charge in [0.2, 0.25) is 17.7 Å². The number of primary amides is 1. The lowest BCUT2D eigenvalue weighted by Gasteiger charge is -2.21. The molecule has 7 nitrogen and oxygen atoms in total. The van der Waals surface area contributed by atoms with Crippen molar-refractivity contribution in [3.63, 3.8) is 0 Å². The number of nitrogens with one attached hydrogen (secondary N) is 2. The molecular formula is C16H20N4O3. The zero-order valence-electron chi connectivity index (χ0n) is 12.9. The van der Waals surface area contributed by atoms with Crippen LogP contribution in [0.5, 0.6) is 0 Å². The van der Waals surface area contributed by atoms with Crippen LogP contribution in [0, 0.1) is 11.3 Å². The quantitative estimate of drug-likeness (QED) is 0.624. The molecule has 0 bridgehead atoms. The molecule has 1 aromatic rings. The molecule has 23 heavy (non-hydrogen) atoms. The zero-order valence-corrected chi connectivity index (χ0v) is 12.9. The fourth-order valence-electron chi connectivity index (χ4n) is 2.07. The van der Waals surface area contributed by atoms with Crippen LogP contribution in [-0.4, -0.2) is 29.8 Å². The van der Waals surface area contributed by atoms with E-state index in [2.05, 4.69) is 10.6 Å². The molecule has 0 aliphatic heterocycles. The van der Waals surface area contributed by atoms with E-state index in [1.165, 1.54) is 6.92 Å². The highest BCUT2D eigenvalue weighted by molar-refractivity contribution is 5.91. The number of hydrogen-bond donors (Lipinski definition) is 3. The van der Waals surface area contributed by atoms with Crippen molar-refractivity contribution in [2.75, 3.05) is 0 Å². The standard InChI is InChI=1S/C16H20N4O3/c1-11(21)19-14(10-12-6-3-2-4-7-12)16(23)20-13(15(18)22)8-5-9-17/h2-4,6-7,13-14H,5,8,10H2,1H3,(H2,18,22)(H,19,21)(H,20,23)/t13-,14-/m0/s1. The van der Waals surface area contributed by atoms with E-state index in [0.29, 0.717) is 0 Å². The lowest BCUT2D eigenvalue weighted by atomic mass is 10.0. The summed E-state index contributed by atoms with van der Waals surface area (Å²) in [5.74, 6) is -1.57. The molecule has 0 aromatic heterocycles. The van der Waals surface area contributed by atoms with Gasteiger partial charge in [0.1, 0.15) is 12.1 Å². The third-order valence-corrected chi connectivity index (χ3v) is 3.18. The monoisotopic (exact) mass is 316 g/mol. The number of nitriles is 1. The Hall–Kier alpha value is -2.88. The molecule has 0 fully saturated rings. The summed E-state index contributed by atoms with van der Waals surface area (Å²) in [5.41, 5.74) is 6.10. The van der Waals surface area contributed by atoms with Gasteiger partial charge in [0, 0.05) is 19.8 Å². The maximum absolute atomic E-state index is 12.3. The SMILES string of the molecule is CC(=O)N[C@@H](Cc1ccccc1)C(=O)N[C@@H](CCC#N)C(N)=O. The molecule has 122 valence electrons. The molecule has 0 heterocycles. The van der Waals surface area contributed by atoms with E-state index in [4.69, 9.17) is 11.0 Å². The second-order valence-electron chi connectivity index (χ2n) is 5.10. The molecular weight excluding hydrogens is 296 g/mol. The molecule has 2 atom stereocenters. The Kier molecular flexibility index (Phi) is 7.27.